The van der Waals surface area contributed by atoms with Crippen LogP contribution in [0.4, 0.5) is 52.7 Å². The van der Waals surface area contributed by atoms with Gasteiger partial charge in [-0.15, -0.1) is 0 Å². The molecule has 8 aromatic rings. The van der Waals surface area contributed by atoms with Gasteiger partial charge in [-0.05, 0) is 479 Å². The number of rotatable bonds is 35. The molecule has 1 N–H and O–H groups in total. The molecule has 10 aliphatic rings. The minimum atomic E-state index is -4.36. The molecule has 10 fully saturated rings. The number of benzene rings is 8. The van der Waals surface area contributed by atoms with Gasteiger partial charge in [-0.3, -0.25) is 0 Å². The second-order valence-electron chi connectivity index (χ2n) is 36.7. The lowest BCUT2D eigenvalue weighted by Gasteiger charge is -2.63. The molecule has 2 aliphatic heterocycles. The predicted molar refractivity (Wildman–Crippen MR) is 583 cm³/mol. The molecule has 8 unspecified atom stereocenters. The van der Waals surface area contributed by atoms with Gasteiger partial charge in [0, 0.05) is 63.9 Å². The third kappa shape index (κ3) is 32.9. The first-order valence-electron chi connectivity index (χ1n) is 47.9. The molecular formula is C104H116ClF12I10NO20+2. The molecular weight excluding hydrogens is 3120 g/mol. The van der Waals surface area contributed by atoms with Crippen LogP contribution in [0.15, 0.2) is 146 Å². The van der Waals surface area contributed by atoms with E-state index in [9.17, 15) is 62.3 Å². The molecule has 21 nitrogen and oxygen atoms in total. The fraction of sp³-hybridized carbons (Fsp3) is 0.519. The highest BCUT2D eigenvalue weighted by Crippen LogP contribution is 2.66. The van der Waals surface area contributed by atoms with Gasteiger partial charge in [0.25, 0.3) is 0 Å². The summed E-state index contributed by atoms with van der Waals surface area (Å²) in [5.41, 5.74) is -2.30. The maximum absolute atomic E-state index is 13.7. The standard InChI is InChI=1S/2C32H30I5O6.2C17H20F6O4.C6H15N.ClH/c2*1-5-38-19(3)40-29-15-27(35)31(17-25(29)33)42-23-11-7-21(8-12-23)37-22-9-13-24(14-10-22)43-32-18-26(34)30(16-28(32)36)41-20(4)39-6-2;2*1-13(18,19)12(24)27-14-4-9-2-10(5-14)17(11(3-9)6-14)25-7-15(20,21)16(22,23)8-26-17;1-4-7(5-2)6-3;/h2*7-20H,5-6H2,1-4H3;2*9-11H,2-8H2,1H3;4-6H2,1-3H3;1H/q2*+1;;;;. The zero-order valence-corrected chi connectivity index (χ0v) is 105. The van der Waals surface area contributed by atoms with Crippen molar-refractivity contribution >= 4 is 193 Å². The Labute approximate surface area is 990 Å². The first kappa shape index (κ1) is 126. The summed E-state index contributed by atoms with van der Waals surface area (Å²) < 4.78 is 278. The van der Waals surface area contributed by atoms with E-state index < -0.39 is 120 Å². The predicted octanol–water partition coefficient (Wildman–Crippen LogP) is 19.2. The van der Waals surface area contributed by atoms with Crippen LogP contribution in [-0.4, -0.2) is 168 Å². The van der Waals surface area contributed by atoms with E-state index in [1.807, 2.05) is 152 Å². The molecule has 44 heteroatoms. The van der Waals surface area contributed by atoms with Crippen LogP contribution >= 0.6 is 181 Å². The number of halogens is 23. The summed E-state index contributed by atoms with van der Waals surface area (Å²) in [6, 6.07) is 49.3. The van der Waals surface area contributed by atoms with Crippen LogP contribution in [0.1, 0.15) is 154 Å². The zero-order chi connectivity index (χ0) is 107. The minimum absolute atomic E-state index is 0. The molecule has 2 saturated heterocycles. The van der Waals surface area contributed by atoms with E-state index in [2.05, 4.69) is 250 Å². The van der Waals surface area contributed by atoms with Gasteiger partial charge in [0.15, 0.2) is 51.0 Å². The molecule has 8 atom stereocenters. The van der Waals surface area contributed by atoms with E-state index in [0.29, 0.717) is 78.8 Å². The highest BCUT2D eigenvalue weighted by molar-refractivity contribution is 14.1. The molecule has 8 saturated carbocycles. The lowest BCUT2D eigenvalue weighted by Crippen LogP contribution is -3.61. The summed E-state index contributed by atoms with van der Waals surface area (Å²) in [4.78, 5) is 25.1. The second kappa shape index (κ2) is 54.6. The number of quaternary nitrogens is 1. The Morgan fingerprint density at radius 2 is 0.541 bits per heavy atom. The third-order valence-corrected chi connectivity index (χ3v) is 37.8. The Bertz CT molecular complexity index is 5100. The van der Waals surface area contributed by atoms with Crippen molar-refractivity contribution in [2.75, 3.05) is 72.5 Å². The summed E-state index contributed by atoms with van der Waals surface area (Å²) in [6.45, 7) is 23.3. The smallest absolute Gasteiger partial charge is 0.377 e. The summed E-state index contributed by atoms with van der Waals surface area (Å²) in [5.74, 6) is -24.0. The van der Waals surface area contributed by atoms with Crippen LogP contribution in [-0.2, 0) is 57.0 Å². The molecule has 0 aromatic heterocycles. The van der Waals surface area contributed by atoms with Crippen molar-refractivity contribution in [1.82, 2.24) is 0 Å². The van der Waals surface area contributed by atoms with Gasteiger partial charge >= 0.3 is 89.9 Å². The monoisotopic (exact) mass is 3230 g/mol. The number of esters is 2. The summed E-state index contributed by atoms with van der Waals surface area (Å²) in [6.07, 6.45) is 1.71. The van der Waals surface area contributed by atoms with Crippen molar-refractivity contribution in [2.45, 2.75) is 238 Å². The quantitative estimate of drug-likeness (QED) is 0.0170. The fourth-order valence-corrected chi connectivity index (χ4v) is 27.8. The number of nitrogens with one attached hydrogen (secondary N) is 1. The number of carbonyl (C=O) groups is 2. The van der Waals surface area contributed by atoms with E-state index in [0.717, 1.165) is 97.6 Å². The highest BCUT2D eigenvalue weighted by atomic mass is 127. The van der Waals surface area contributed by atoms with Gasteiger partial charge in [-0.2, -0.15) is 52.7 Å². The number of carbonyl (C=O) groups excluding carboxylic acids is 2. The van der Waals surface area contributed by atoms with Crippen LogP contribution in [0.25, 0.3) is 0 Å². The van der Waals surface area contributed by atoms with E-state index in [1.54, 1.807) is 4.90 Å². The lowest BCUT2D eigenvalue weighted by atomic mass is 9.51. The van der Waals surface area contributed by atoms with E-state index in [-0.39, 0.29) is 117 Å². The molecule has 8 bridgehead atoms. The normalized spacial score (nSPS) is 22.8. The molecule has 0 amide bonds. The molecule has 816 valence electrons. The Balaban J connectivity index is 0.000000186. The van der Waals surface area contributed by atoms with Crippen LogP contribution < -0.4 is 97.6 Å². The third-order valence-electron chi connectivity index (χ3n) is 25.7. The van der Waals surface area contributed by atoms with Gasteiger partial charge < -0.3 is 103 Å². The van der Waals surface area contributed by atoms with Gasteiger partial charge in [0.05, 0.1) is 48.2 Å². The maximum Gasteiger partial charge on any atom is 0.377 e. The van der Waals surface area contributed by atoms with Crippen molar-refractivity contribution in [3.05, 3.63) is 188 Å². The van der Waals surface area contributed by atoms with Crippen molar-refractivity contribution in [3.63, 3.8) is 0 Å². The van der Waals surface area contributed by atoms with Crippen molar-refractivity contribution in [1.29, 1.82) is 0 Å². The molecule has 8 aliphatic carbocycles. The van der Waals surface area contributed by atoms with Gasteiger partial charge in [0.2, 0.25) is 0 Å². The largest absolute Gasteiger partial charge is 1.00 e. The second-order valence-corrected chi connectivity index (χ2v) is 52.0. The first-order valence-corrected chi connectivity index (χ1v) is 60.8. The summed E-state index contributed by atoms with van der Waals surface area (Å²) >= 11 is 17.5. The Kier molecular flexibility index (Phi) is 46.3. The zero-order valence-electron chi connectivity index (χ0n) is 82.8. The van der Waals surface area contributed by atoms with Crippen molar-refractivity contribution in [3.8, 4) is 69.0 Å². The van der Waals surface area contributed by atoms with Crippen molar-refractivity contribution in [2.24, 2.45) is 35.5 Å². The first-order chi connectivity index (χ1) is 69.2. The number of hydrogen-bond acceptors (Lipinski definition) is 20. The van der Waals surface area contributed by atoms with Gasteiger partial charge in [0.1, 0.15) is 107 Å². The van der Waals surface area contributed by atoms with Crippen molar-refractivity contribution < 1.29 is 207 Å². The Morgan fingerprint density at radius 3 is 0.723 bits per heavy atom. The van der Waals surface area contributed by atoms with Gasteiger partial charge in [-0.25, -0.2) is 9.59 Å². The van der Waals surface area contributed by atoms with E-state index >= 15 is 0 Å². The molecule has 8 aromatic carbocycles. The summed E-state index contributed by atoms with van der Waals surface area (Å²) in [7, 11) is 0. The molecule has 2 spiro atoms. The molecule has 18 rings (SSSR count). The Hall–Kier alpha value is -2.51. The maximum atomic E-state index is 13.7. The average Bonchev–Trinajstić information content (AvgIpc) is 1.20. The van der Waals surface area contributed by atoms with Crippen LogP contribution in [0.3, 0.4) is 0 Å². The lowest BCUT2D eigenvalue weighted by molar-refractivity contribution is -0.894. The van der Waals surface area contributed by atoms with Gasteiger partial charge in [-0.1, -0.05) is 0 Å². The van der Waals surface area contributed by atoms with E-state index in [4.69, 9.17) is 85.3 Å². The molecule has 2 heterocycles. The minimum Gasteiger partial charge on any atom is -1.00 e. The fourth-order valence-electron chi connectivity index (χ4n) is 19.1. The molecule has 148 heavy (non-hydrogen) atoms. The average molecular weight is 3230 g/mol. The number of alkyl halides is 12. The van der Waals surface area contributed by atoms with Crippen LogP contribution in [0.5, 0.6) is 69.0 Å². The SMILES string of the molecule is CC(F)(F)C(=O)OC12CC3CC(C1)C1(OCC(F)(F)C(F)(F)CO1)C(C3)C2.CC(F)(F)C(=O)OC12CC3CC(C1)C1(OCC(F)(F)C(F)(F)CO1)C(C3)C2.CCOC(C)Oc1cc(I)c(Oc2ccc([I+]c3ccc(Oc4cc(I)c(OC(C)OCC)cc4I)cc3)cc2)cc1I.CCOC(C)Oc1cc(I)c(Oc2ccc([I+]c3ccc(Oc4cc(I)c(OC(C)OCC)cc4I)cc3)cc2)cc1I.CC[NH+](CC)CC.[Cl-]. The number of ether oxygens (including phenoxy) is 18. The molecule has 0 radical (unpaired) electrons. The van der Waals surface area contributed by atoms with Crippen LogP contribution in [0, 0.1) is 78.3 Å². The highest BCUT2D eigenvalue weighted by Gasteiger charge is 2.72. The van der Waals surface area contributed by atoms with E-state index in [1.165, 1.54) is 33.9 Å². The topological polar surface area (TPSA) is 205 Å². The number of hydrogen-bond donors (Lipinski definition) is 1. The Morgan fingerprint density at radius 1 is 0.345 bits per heavy atom. The van der Waals surface area contributed by atoms with Crippen LogP contribution in [0.2, 0.25) is 0 Å². The summed E-state index contributed by atoms with van der Waals surface area (Å²) in [5, 5.41) is 0.